The Labute approximate surface area is 218 Å². The van der Waals surface area contributed by atoms with Crippen molar-refractivity contribution in [3.05, 3.63) is 84.8 Å². The van der Waals surface area contributed by atoms with E-state index >= 15 is 0 Å². The fourth-order valence-electron chi connectivity index (χ4n) is 4.86. The molecule has 5 aromatic heterocycles. The molecule has 0 amide bonds. The van der Waals surface area contributed by atoms with Crippen molar-refractivity contribution < 1.29 is 4.74 Å². The molecular formula is C28H25N9O. The van der Waals surface area contributed by atoms with E-state index in [1.807, 2.05) is 36.7 Å². The second kappa shape index (κ2) is 9.64. The molecule has 0 radical (unpaired) electrons. The first-order valence-corrected chi connectivity index (χ1v) is 12.7. The minimum atomic E-state index is 0.634. The summed E-state index contributed by atoms with van der Waals surface area (Å²) in [6.07, 6.45) is 8.90. The van der Waals surface area contributed by atoms with Gasteiger partial charge in [-0.05, 0) is 37.1 Å². The van der Waals surface area contributed by atoms with Crippen LogP contribution in [0.5, 0.6) is 0 Å². The highest BCUT2D eigenvalue weighted by atomic mass is 16.5. The molecule has 1 N–H and O–H groups in total. The molecule has 0 unspecified atom stereocenters. The lowest BCUT2D eigenvalue weighted by atomic mass is 10.1. The maximum Gasteiger partial charge on any atom is 0.181 e. The third-order valence-corrected chi connectivity index (χ3v) is 6.85. The molecule has 10 heteroatoms. The normalized spacial score (nSPS) is 13.9. The number of nitrogens with one attached hydrogen (secondary N) is 1. The van der Waals surface area contributed by atoms with Crippen molar-refractivity contribution in [1.29, 1.82) is 0 Å². The van der Waals surface area contributed by atoms with Gasteiger partial charge in [-0.15, -0.1) is 0 Å². The van der Waals surface area contributed by atoms with Crippen molar-refractivity contribution in [2.75, 3.05) is 31.2 Å². The fraction of sp³-hybridized carbons (Fsp3) is 0.214. The van der Waals surface area contributed by atoms with Gasteiger partial charge in [0.25, 0.3) is 0 Å². The number of anilines is 1. The second-order valence-electron chi connectivity index (χ2n) is 9.25. The number of H-pyrrole nitrogens is 1. The van der Waals surface area contributed by atoms with Gasteiger partial charge in [0.1, 0.15) is 12.0 Å². The molecule has 38 heavy (non-hydrogen) atoms. The average molecular weight is 504 g/mol. The predicted molar refractivity (Wildman–Crippen MR) is 144 cm³/mol. The van der Waals surface area contributed by atoms with Crippen LogP contribution in [0.15, 0.2) is 73.4 Å². The quantitative estimate of drug-likeness (QED) is 0.366. The Balaban J connectivity index is 1.24. The Kier molecular flexibility index (Phi) is 5.71. The van der Waals surface area contributed by atoms with E-state index in [9.17, 15) is 0 Å². The first kappa shape index (κ1) is 22.5. The number of ether oxygens (including phenoxy) is 1. The van der Waals surface area contributed by atoms with E-state index < -0.39 is 0 Å². The molecule has 0 spiro atoms. The molecule has 0 atom stereocenters. The summed E-state index contributed by atoms with van der Waals surface area (Å²) in [5.41, 5.74) is 6.51. The monoisotopic (exact) mass is 503 g/mol. The van der Waals surface area contributed by atoms with Crippen LogP contribution in [-0.4, -0.2) is 65.8 Å². The number of aromatic amines is 1. The Morgan fingerprint density at radius 2 is 1.74 bits per heavy atom. The zero-order chi connectivity index (χ0) is 25.3. The van der Waals surface area contributed by atoms with Crippen molar-refractivity contribution in [2.45, 2.75) is 12.8 Å². The van der Waals surface area contributed by atoms with Crippen molar-refractivity contribution in [2.24, 2.45) is 0 Å². The van der Waals surface area contributed by atoms with E-state index in [4.69, 9.17) is 19.7 Å². The highest BCUT2D eigenvalue weighted by molar-refractivity contribution is 5.78. The smallest absolute Gasteiger partial charge is 0.181 e. The van der Waals surface area contributed by atoms with Gasteiger partial charge in [-0.2, -0.15) is 5.10 Å². The molecule has 10 nitrogen and oxygen atoms in total. The number of benzene rings is 1. The van der Waals surface area contributed by atoms with Gasteiger partial charge in [0.2, 0.25) is 0 Å². The highest BCUT2D eigenvalue weighted by Gasteiger charge is 2.20. The Hall–Kier alpha value is -4.70. The minimum absolute atomic E-state index is 0.634. The molecular weight excluding hydrogens is 478 g/mol. The van der Waals surface area contributed by atoms with Gasteiger partial charge in [-0.25, -0.2) is 15.0 Å². The van der Waals surface area contributed by atoms with E-state index in [-0.39, 0.29) is 0 Å². The van der Waals surface area contributed by atoms with E-state index in [2.05, 4.69) is 59.9 Å². The number of fused-ring (bicyclic) bond motifs is 2. The highest BCUT2D eigenvalue weighted by Crippen LogP contribution is 2.28. The zero-order valence-corrected chi connectivity index (χ0v) is 20.7. The first-order chi connectivity index (χ1) is 18.8. The number of pyridine rings is 2. The number of nitrogens with zero attached hydrogens (tertiary/aromatic N) is 8. The number of para-hydroxylation sites is 1. The van der Waals surface area contributed by atoms with Crippen molar-refractivity contribution >= 4 is 22.4 Å². The molecule has 7 rings (SSSR count). The van der Waals surface area contributed by atoms with Gasteiger partial charge in [0.05, 0.1) is 36.3 Å². The molecule has 0 saturated carbocycles. The number of aryl methyl sites for hydroxylation is 2. The Bertz CT molecular complexity index is 1700. The predicted octanol–water partition coefficient (Wildman–Crippen LogP) is 3.75. The minimum Gasteiger partial charge on any atom is -0.378 e. The standard InChI is InChI=1S/C28H25N9O/c1-2-4-23-19(3-1)5-7-21(33-23)8-9-22-17-37-25(20-6-10-24(29-15-20)26-31-18-32-35-26)16-30-27(28(37)34-22)36-11-13-38-14-12-36/h1-7,10,15-18H,8-9,11-14H2,(H,31,32,35). The van der Waals surface area contributed by atoms with Gasteiger partial charge in [0, 0.05) is 42.1 Å². The molecule has 1 aliphatic rings. The Morgan fingerprint density at radius 1 is 0.842 bits per heavy atom. The van der Waals surface area contributed by atoms with Crippen LogP contribution in [0, 0.1) is 0 Å². The Morgan fingerprint density at radius 3 is 2.58 bits per heavy atom. The molecule has 1 fully saturated rings. The number of imidazole rings is 1. The first-order valence-electron chi connectivity index (χ1n) is 12.7. The summed E-state index contributed by atoms with van der Waals surface area (Å²) in [6.45, 7) is 2.95. The lowest BCUT2D eigenvalue weighted by Gasteiger charge is -2.28. The molecule has 1 aromatic carbocycles. The van der Waals surface area contributed by atoms with Crippen LogP contribution in [0.4, 0.5) is 5.82 Å². The fourth-order valence-corrected chi connectivity index (χ4v) is 4.86. The summed E-state index contributed by atoms with van der Waals surface area (Å²) in [7, 11) is 0. The van der Waals surface area contributed by atoms with Crippen LogP contribution in [0.3, 0.4) is 0 Å². The lowest BCUT2D eigenvalue weighted by molar-refractivity contribution is 0.122. The van der Waals surface area contributed by atoms with Crippen molar-refractivity contribution in [1.82, 2.24) is 39.5 Å². The van der Waals surface area contributed by atoms with Crippen LogP contribution in [-0.2, 0) is 17.6 Å². The number of aromatic nitrogens is 8. The van der Waals surface area contributed by atoms with Crippen LogP contribution < -0.4 is 4.90 Å². The molecule has 1 aliphatic heterocycles. The number of morpholine rings is 1. The van der Waals surface area contributed by atoms with E-state index in [0.29, 0.717) is 19.0 Å². The number of hydrogen-bond acceptors (Lipinski definition) is 8. The lowest BCUT2D eigenvalue weighted by Crippen LogP contribution is -2.37. The molecule has 0 aliphatic carbocycles. The molecule has 1 saturated heterocycles. The third kappa shape index (κ3) is 4.24. The summed E-state index contributed by atoms with van der Waals surface area (Å²) in [5.74, 6) is 1.51. The molecule has 6 heterocycles. The SMILES string of the molecule is c1ccc2nc(CCc3cn4c(-c5ccc(-c6ncn[nH]6)nc5)cnc(N5CCOCC5)c4n3)ccc2c1. The van der Waals surface area contributed by atoms with Crippen LogP contribution in [0.1, 0.15) is 11.4 Å². The summed E-state index contributed by atoms with van der Waals surface area (Å²) in [4.78, 5) is 25.8. The third-order valence-electron chi connectivity index (χ3n) is 6.85. The van der Waals surface area contributed by atoms with E-state index in [0.717, 1.165) is 76.6 Å². The maximum atomic E-state index is 5.57. The summed E-state index contributed by atoms with van der Waals surface area (Å²) >= 11 is 0. The summed E-state index contributed by atoms with van der Waals surface area (Å²) in [6, 6.07) is 16.4. The molecule has 0 bridgehead atoms. The van der Waals surface area contributed by atoms with Gasteiger partial charge in [0.15, 0.2) is 17.3 Å². The van der Waals surface area contributed by atoms with Crippen molar-refractivity contribution in [3.8, 4) is 22.8 Å². The van der Waals surface area contributed by atoms with Crippen LogP contribution in [0.2, 0.25) is 0 Å². The van der Waals surface area contributed by atoms with Gasteiger partial charge < -0.3 is 9.64 Å². The topological polar surface area (TPSA) is 110 Å². The maximum absolute atomic E-state index is 5.57. The molecule has 6 aromatic rings. The summed E-state index contributed by atoms with van der Waals surface area (Å²) < 4.78 is 7.70. The van der Waals surface area contributed by atoms with Gasteiger partial charge in [-0.1, -0.05) is 24.3 Å². The van der Waals surface area contributed by atoms with Crippen LogP contribution >= 0.6 is 0 Å². The van der Waals surface area contributed by atoms with Crippen LogP contribution in [0.25, 0.3) is 39.3 Å². The number of hydrogen-bond donors (Lipinski definition) is 1. The van der Waals surface area contributed by atoms with Crippen molar-refractivity contribution in [3.63, 3.8) is 0 Å². The average Bonchev–Trinajstić information content (AvgIpc) is 3.67. The van der Waals surface area contributed by atoms with E-state index in [1.54, 1.807) is 0 Å². The number of rotatable bonds is 6. The van der Waals surface area contributed by atoms with E-state index in [1.165, 1.54) is 6.33 Å². The van der Waals surface area contributed by atoms with Gasteiger partial charge >= 0.3 is 0 Å². The second-order valence-corrected chi connectivity index (χ2v) is 9.25. The van der Waals surface area contributed by atoms with Gasteiger partial charge in [-0.3, -0.25) is 19.5 Å². The zero-order valence-electron chi connectivity index (χ0n) is 20.7. The molecule has 188 valence electrons. The largest absolute Gasteiger partial charge is 0.378 e. The summed E-state index contributed by atoms with van der Waals surface area (Å²) in [5, 5.41) is 7.92.